The van der Waals surface area contributed by atoms with Crippen molar-refractivity contribution >= 4 is 5.91 Å². The highest BCUT2D eigenvalue weighted by Crippen LogP contribution is 2.29. The molecule has 1 amide bonds. The smallest absolute Gasteiger partial charge is 0.272 e. The van der Waals surface area contributed by atoms with Crippen molar-refractivity contribution in [1.82, 2.24) is 15.5 Å². The molecule has 5 heteroatoms. The number of rotatable bonds is 4. The number of aromatic amines is 1. The highest BCUT2D eigenvalue weighted by atomic mass is 16.3. The molecular formula is C12H19N3O2. The van der Waals surface area contributed by atoms with Crippen LogP contribution in [0.15, 0.2) is 6.07 Å². The van der Waals surface area contributed by atoms with Crippen molar-refractivity contribution in [3.63, 3.8) is 0 Å². The minimum absolute atomic E-state index is 0.00377. The second-order valence-electron chi connectivity index (χ2n) is 4.73. The van der Waals surface area contributed by atoms with Gasteiger partial charge in [-0.25, -0.2) is 0 Å². The number of aliphatic hydroxyl groups excluding tert-OH is 1. The molecule has 0 aromatic carbocycles. The number of nitrogens with one attached hydrogen (secondary N) is 2. The van der Waals surface area contributed by atoms with Gasteiger partial charge in [0.2, 0.25) is 0 Å². The highest BCUT2D eigenvalue weighted by molar-refractivity contribution is 5.92. The van der Waals surface area contributed by atoms with Gasteiger partial charge in [0.25, 0.3) is 5.91 Å². The van der Waals surface area contributed by atoms with Gasteiger partial charge in [0.1, 0.15) is 5.69 Å². The van der Waals surface area contributed by atoms with Crippen molar-refractivity contribution in [2.24, 2.45) is 0 Å². The van der Waals surface area contributed by atoms with Gasteiger partial charge in [0, 0.05) is 5.69 Å². The molecule has 1 aliphatic carbocycles. The number of aliphatic hydroxyl groups is 1. The normalized spacial score (nSPS) is 18.2. The first kappa shape index (κ1) is 12.1. The fourth-order valence-electron chi connectivity index (χ4n) is 2.34. The zero-order valence-corrected chi connectivity index (χ0v) is 10.1. The first-order valence-corrected chi connectivity index (χ1v) is 6.17. The number of aromatic nitrogens is 2. The Bertz CT molecular complexity index is 394. The summed E-state index contributed by atoms with van der Waals surface area (Å²) in [6.07, 6.45) is 4.63. The van der Waals surface area contributed by atoms with Gasteiger partial charge in [-0.1, -0.05) is 19.8 Å². The molecule has 0 unspecified atom stereocenters. The second-order valence-corrected chi connectivity index (χ2v) is 4.73. The van der Waals surface area contributed by atoms with Crippen LogP contribution in [0.5, 0.6) is 0 Å². The van der Waals surface area contributed by atoms with E-state index in [9.17, 15) is 9.90 Å². The standard InChI is InChI=1S/C12H19N3O2/c1-2-9-7-10(15-14-9)11(17)13-12(8-16)5-3-4-6-12/h7,16H,2-6,8H2,1H3,(H,13,17)(H,14,15). The summed E-state index contributed by atoms with van der Waals surface area (Å²) in [7, 11) is 0. The third-order valence-electron chi connectivity index (χ3n) is 3.49. The molecule has 5 nitrogen and oxygen atoms in total. The van der Waals surface area contributed by atoms with Crippen LogP contribution in [-0.2, 0) is 6.42 Å². The van der Waals surface area contributed by atoms with Crippen LogP contribution in [0, 0.1) is 0 Å². The maximum Gasteiger partial charge on any atom is 0.272 e. The third-order valence-corrected chi connectivity index (χ3v) is 3.49. The van der Waals surface area contributed by atoms with Gasteiger partial charge >= 0.3 is 0 Å². The van der Waals surface area contributed by atoms with Crippen molar-refractivity contribution in [2.75, 3.05) is 6.61 Å². The minimum atomic E-state index is -0.428. The molecule has 1 aromatic heterocycles. The van der Waals surface area contributed by atoms with E-state index in [4.69, 9.17) is 0 Å². The van der Waals surface area contributed by atoms with Gasteiger partial charge < -0.3 is 10.4 Å². The van der Waals surface area contributed by atoms with E-state index in [0.717, 1.165) is 37.8 Å². The predicted molar refractivity (Wildman–Crippen MR) is 63.7 cm³/mol. The lowest BCUT2D eigenvalue weighted by Crippen LogP contribution is -2.49. The molecule has 94 valence electrons. The summed E-state index contributed by atoms with van der Waals surface area (Å²) < 4.78 is 0. The van der Waals surface area contributed by atoms with Crippen LogP contribution in [0.25, 0.3) is 0 Å². The monoisotopic (exact) mass is 237 g/mol. The average molecular weight is 237 g/mol. The van der Waals surface area contributed by atoms with Crippen LogP contribution >= 0.6 is 0 Å². The quantitative estimate of drug-likeness (QED) is 0.731. The first-order chi connectivity index (χ1) is 8.19. The molecule has 3 N–H and O–H groups in total. The summed E-state index contributed by atoms with van der Waals surface area (Å²) in [5, 5.41) is 19.1. The minimum Gasteiger partial charge on any atom is -0.394 e. The van der Waals surface area contributed by atoms with Gasteiger partial charge in [0.05, 0.1) is 12.1 Å². The molecule has 0 spiro atoms. The lowest BCUT2D eigenvalue weighted by Gasteiger charge is -2.27. The van der Waals surface area contributed by atoms with E-state index < -0.39 is 5.54 Å². The fraction of sp³-hybridized carbons (Fsp3) is 0.667. The van der Waals surface area contributed by atoms with Crippen molar-refractivity contribution in [3.8, 4) is 0 Å². The van der Waals surface area contributed by atoms with Gasteiger partial charge in [-0.3, -0.25) is 9.89 Å². The average Bonchev–Trinajstić information content (AvgIpc) is 2.97. The van der Waals surface area contributed by atoms with E-state index in [0.29, 0.717) is 5.69 Å². The Labute approximate surface area is 101 Å². The Hall–Kier alpha value is -1.36. The Morgan fingerprint density at radius 3 is 2.82 bits per heavy atom. The van der Waals surface area contributed by atoms with E-state index in [-0.39, 0.29) is 12.5 Å². The molecule has 0 saturated heterocycles. The van der Waals surface area contributed by atoms with Crippen molar-refractivity contribution in [3.05, 3.63) is 17.5 Å². The Balaban J connectivity index is 2.05. The number of carbonyl (C=O) groups is 1. The first-order valence-electron chi connectivity index (χ1n) is 6.17. The molecule has 2 rings (SSSR count). The van der Waals surface area contributed by atoms with Crippen LogP contribution in [0.3, 0.4) is 0 Å². The summed E-state index contributed by atoms with van der Waals surface area (Å²) in [5.74, 6) is -0.197. The molecule has 0 bridgehead atoms. The summed E-state index contributed by atoms with van der Waals surface area (Å²) in [6, 6.07) is 1.76. The van der Waals surface area contributed by atoms with Crippen LogP contribution in [0.2, 0.25) is 0 Å². The fourth-order valence-corrected chi connectivity index (χ4v) is 2.34. The van der Waals surface area contributed by atoms with E-state index in [2.05, 4.69) is 15.5 Å². The number of carbonyl (C=O) groups excluding carboxylic acids is 1. The van der Waals surface area contributed by atoms with E-state index >= 15 is 0 Å². The molecule has 17 heavy (non-hydrogen) atoms. The molecule has 0 atom stereocenters. The molecule has 0 aliphatic heterocycles. The maximum atomic E-state index is 12.0. The number of H-pyrrole nitrogens is 1. The molecule has 1 aromatic rings. The number of nitrogens with zero attached hydrogens (tertiary/aromatic N) is 1. The van der Waals surface area contributed by atoms with Crippen LogP contribution in [0.1, 0.15) is 48.8 Å². The van der Waals surface area contributed by atoms with Crippen LogP contribution < -0.4 is 5.32 Å². The van der Waals surface area contributed by atoms with Gasteiger partial charge in [-0.05, 0) is 25.3 Å². The van der Waals surface area contributed by atoms with Crippen LogP contribution in [0.4, 0.5) is 0 Å². The lowest BCUT2D eigenvalue weighted by atomic mass is 9.99. The Kier molecular flexibility index (Phi) is 3.47. The molecule has 0 radical (unpaired) electrons. The van der Waals surface area contributed by atoms with Crippen molar-refractivity contribution in [1.29, 1.82) is 0 Å². The predicted octanol–water partition coefficient (Wildman–Crippen LogP) is 1.01. The lowest BCUT2D eigenvalue weighted by molar-refractivity contribution is 0.0833. The Morgan fingerprint density at radius 1 is 1.59 bits per heavy atom. The Morgan fingerprint density at radius 2 is 2.29 bits per heavy atom. The van der Waals surface area contributed by atoms with E-state index in [1.54, 1.807) is 6.07 Å². The van der Waals surface area contributed by atoms with Gasteiger partial charge in [-0.15, -0.1) is 0 Å². The highest BCUT2D eigenvalue weighted by Gasteiger charge is 2.35. The summed E-state index contributed by atoms with van der Waals surface area (Å²) in [6.45, 7) is 2.01. The zero-order valence-electron chi connectivity index (χ0n) is 10.1. The number of hydrogen-bond acceptors (Lipinski definition) is 3. The zero-order chi connectivity index (χ0) is 12.3. The summed E-state index contributed by atoms with van der Waals surface area (Å²) >= 11 is 0. The van der Waals surface area contributed by atoms with Crippen molar-refractivity contribution in [2.45, 2.75) is 44.6 Å². The third kappa shape index (κ3) is 2.49. The van der Waals surface area contributed by atoms with Gasteiger partial charge in [0.15, 0.2) is 0 Å². The summed E-state index contributed by atoms with van der Waals surface area (Å²) in [4.78, 5) is 12.0. The number of hydrogen-bond donors (Lipinski definition) is 3. The largest absolute Gasteiger partial charge is 0.394 e. The maximum absolute atomic E-state index is 12.0. The summed E-state index contributed by atoms with van der Waals surface area (Å²) in [5.41, 5.74) is 0.920. The number of amides is 1. The van der Waals surface area contributed by atoms with Gasteiger partial charge in [-0.2, -0.15) is 5.10 Å². The second kappa shape index (κ2) is 4.87. The van der Waals surface area contributed by atoms with Crippen LogP contribution in [-0.4, -0.2) is 33.4 Å². The molecule has 1 saturated carbocycles. The van der Waals surface area contributed by atoms with E-state index in [1.165, 1.54) is 0 Å². The number of aryl methyl sites for hydroxylation is 1. The van der Waals surface area contributed by atoms with E-state index in [1.807, 2.05) is 6.92 Å². The SMILES string of the molecule is CCc1cc(C(=O)NC2(CO)CCCC2)n[nH]1. The van der Waals surface area contributed by atoms with Crippen molar-refractivity contribution < 1.29 is 9.90 Å². The molecule has 1 fully saturated rings. The molecular weight excluding hydrogens is 218 g/mol. The topological polar surface area (TPSA) is 78.0 Å². The molecule has 1 aliphatic rings. The molecule has 1 heterocycles.